The number of hydrogen-bond donors (Lipinski definition) is 3. The number of nitrogens with zero attached hydrogens (tertiary/aromatic N) is 1. The molecule has 0 aliphatic rings. The van der Waals surface area contributed by atoms with Gasteiger partial charge < -0.3 is 19.3 Å². The van der Waals surface area contributed by atoms with Crippen molar-refractivity contribution in [1.29, 1.82) is 0 Å². The Hall–Kier alpha value is -5.83. The van der Waals surface area contributed by atoms with Crippen molar-refractivity contribution in [2.24, 2.45) is 0 Å². The molecule has 240 valence electrons. The number of benzene rings is 4. The number of carboxylic acid groups (broad SMARTS) is 1. The number of rotatable bonds is 7. The molecule has 0 radical (unpaired) electrons. The Labute approximate surface area is 263 Å². The molecule has 0 fully saturated rings. The summed E-state index contributed by atoms with van der Waals surface area (Å²) in [6.45, 7) is 1.93. The fourth-order valence-electron chi connectivity index (χ4n) is 3.58. The van der Waals surface area contributed by atoms with Gasteiger partial charge in [0.1, 0.15) is 22.8 Å². The molecule has 0 unspecified atom stereocenters. The SMILES string of the molecule is COC(=O)Nc1cccc(OC(=O)Nc2cccc(C)c2)c1.O=C(O)c1cc(Oc2ccc(C(F)(F)F)cc2Cl)ccc1[N+](=O)[O-]. The standard InChI is InChI=1S/C16H16N2O4.C14H7ClF3NO5/c1-11-5-3-6-12(9-11)18-16(20)22-14-8-4-7-13(10-14)17-15(19)21-2;15-10-5-7(14(16,17)18)1-4-12(10)24-8-2-3-11(19(22)23)9(6-8)13(20)21/h3-10H,1-2H3,(H,17,19)(H,18,20);1-6H,(H,20,21). The van der Waals surface area contributed by atoms with E-state index in [1.165, 1.54) is 13.2 Å². The van der Waals surface area contributed by atoms with Crippen LogP contribution in [-0.4, -0.2) is 35.3 Å². The monoisotopic (exact) mass is 661 g/mol. The quantitative estimate of drug-likeness (QED) is 0.130. The molecular formula is C30H23ClF3N3O9. The number of carboxylic acids is 1. The van der Waals surface area contributed by atoms with Gasteiger partial charge in [0.25, 0.3) is 5.69 Å². The summed E-state index contributed by atoms with van der Waals surface area (Å²) in [6, 6.07) is 19.1. The Morgan fingerprint density at radius 2 is 1.52 bits per heavy atom. The Morgan fingerprint density at radius 1 is 0.870 bits per heavy atom. The average molecular weight is 662 g/mol. The highest BCUT2D eigenvalue weighted by Gasteiger charge is 2.31. The summed E-state index contributed by atoms with van der Waals surface area (Å²) in [4.78, 5) is 43.9. The third kappa shape index (κ3) is 10.1. The molecule has 0 heterocycles. The molecule has 0 aromatic heterocycles. The molecule has 46 heavy (non-hydrogen) atoms. The molecule has 4 rings (SSSR count). The minimum atomic E-state index is -4.58. The number of hydrogen-bond acceptors (Lipinski definition) is 8. The number of nitro benzene ring substituents is 1. The number of aromatic carboxylic acids is 1. The third-order valence-corrected chi connectivity index (χ3v) is 5.92. The Bertz CT molecular complexity index is 1770. The van der Waals surface area contributed by atoms with Crippen molar-refractivity contribution in [1.82, 2.24) is 0 Å². The number of amides is 2. The predicted octanol–water partition coefficient (Wildman–Crippen LogP) is 8.54. The molecule has 4 aromatic carbocycles. The Balaban J connectivity index is 0.000000251. The van der Waals surface area contributed by atoms with Crippen molar-refractivity contribution in [2.75, 3.05) is 17.7 Å². The summed E-state index contributed by atoms with van der Waals surface area (Å²) in [5.74, 6) is -1.53. The molecule has 0 aliphatic heterocycles. The highest BCUT2D eigenvalue weighted by Crippen LogP contribution is 2.37. The van der Waals surface area contributed by atoms with Crippen LogP contribution in [-0.2, 0) is 10.9 Å². The molecule has 16 heteroatoms. The average Bonchev–Trinajstić information content (AvgIpc) is 2.98. The second-order valence-electron chi connectivity index (χ2n) is 9.01. The molecule has 0 atom stereocenters. The van der Waals surface area contributed by atoms with Gasteiger partial charge in [-0.3, -0.25) is 20.7 Å². The lowest BCUT2D eigenvalue weighted by Crippen LogP contribution is -2.17. The fraction of sp³-hybridized carbons (Fsp3) is 0.100. The normalized spacial score (nSPS) is 10.5. The summed E-state index contributed by atoms with van der Waals surface area (Å²) in [5.41, 5.74) is -0.104. The van der Waals surface area contributed by atoms with Crippen molar-refractivity contribution in [3.05, 3.63) is 117 Å². The van der Waals surface area contributed by atoms with E-state index in [0.29, 0.717) is 23.2 Å². The second kappa shape index (κ2) is 15.3. The number of carbonyl (C=O) groups is 3. The predicted molar refractivity (Wildman–Crippen MR) is 160 cm³/mol. The zero-order valence-corrected chi connectivity index (χ0v) is 24.5. The van der Waals surface area contributed by atoms with E-state index in [1.54, 1.807) is 24.3 Å². The molecule has 0 saturated carbocycles. The minimum absolute atomic E-state index is 0.125. The van der Waals surface area contributed by atoms with E-state index in [1.807, 2.05) is 25.1 Å². The van der Waals surface area contributed by atoms with Crippen LogP contribution in [0.3, 0.4) is 0 Å². The molecule has 2 amide bonds. The van der Waals surface area contributed by atoms with Crippen LogP contribution >= 0.6 is 11.6 Å². The topological polar surface area (TPSA) is 166 Å². The van der Waals surface area contributed by atoms with Crippen molar-refractivity contribution in [3.63, 3.8) is 0 Å². The number of nitrogens with one attached hydrogen (secondary N) is 2. The lowest BCUT2D eigenvalue weighted by molar-refractivity contribution is -0.385. The number of alkyl halides is 3. The van der Waals surface area contributed by atoms with Crippen molar-refractivity contribution in [2.45, 2.75) is 13.1 Å². The zero-order chi connectivity index (χ0) is 34.0. The van der Waals surface area contributed by atoms with Gasteiger partial charge in [0.05, 0.1) is 22.6 Å². The van der Waals surface area contributed by atoms with Crippen LogP contribution in [0.2, 0.25) is 5.02 Å². The van der Waals surface area contributed by atoms with Gasteiger partial charge in [0, 0.05) is 29.6 Å². The first kappa shape index (κ1) is 34.7. The lowest BCUT2D eigenvalue weighted by atomic mass is 10.1. The van der Waals surface area contributed by atoms with E-state index < -0.39 is 46.1 Å². The van der Waals surface area contributed by atoms with E-state index in [4.69, 9.17) is 26.2 Å². The molecule has 0 saturated heterocycles. The Morgan fingerprint density at radius 3 is 2.11 bits per heavy atom. The number of methoxy groups -OCH3 is 1. The smallest absolute Gasteiger partial charge is 0.417 e. The number of anilines is 2. The van der Waals surface area contributed by atoms with Gasteiger partial charge in [-0.25, -0.2) is 14.4 Å². The molecular weight excluding hydrogens is 639 g/mol. The number of nitro groups is 1. The molecule has 12 nitrogen and oxygen atoms in total. The van der Waals surface area contributed by atoms with E-state index in [2.05, 4.69) is 15.4 Å². The van der Waals surface area contributed by atoms with Gasteiger partial charge in [0.2, 0.25) is 0 Å². The first-order valence-electron chi connectivity index (χ1n) is 12.7. The molecule has 4 aromatic rings. The largest absolute Gasteiger partial charge is 0.477 e. The number of ether oxygens (including phenoxy) is 3. The van der Waals surface area contributed by atoms with Crippen LogP contribution in [0.25, 0.3) is 0 Å². The van der Waals surface area contributed by atoms with Crippen molar-refractivity contribution in [3.8, 4) is 17.2 Å². The maximum Gasteiger partial charge on any atom is 0.417 e. The van der Waals surface area contributed by atoms with Gasteiger partial charge >= 0.3 is 24.3 Å². The number of aryl methyl sites for hydroxylation is 1. The maximum atomic E-state index is 12.6. The first-order chi connectivity index (χ1) is 21.7. The van der Waals surface area contributed by atoms with Gasteiger partial charge in [-0.1, -0.05) is 29.8 Å². The molecule has 0 aliphatic carbocycles. The van der Waals surface area contributed by atoms with Gasteiger partial charge in [-0.2, -0.15) is 13.2 Å². The van der Waals surface area contributed by atoms with Crippen LogP contribution in [0.4, 0.5) is 39.8 Å². The molecule has 3 N–H and O–H groups in total. The van der Waals surface area contributed by atoms with Gasteiger partial charge in [0.15, 0.2) is 0 Å². The summed E-state index contributed by atoms with van der Waals surface area (Å²) in [5, 5.41) is 24.5. The van der Waals surface area contributed by atoms with Gasteiger partial charge in [-0.15, -0.1) is 0 Å². The maximum absolute atomic E-state index is 12.6. The lowest BCUT2D eigenvalue weighted by Gasteiger charge is -2.11. The summed E-state index contributed by atoms with van der Waals surface area (Å²) in [7, 11) is 1.27. The highest BCUT2D eigenvalue weighted by molar-refractivity contribution is 6.32. The number of halogens is 4. The van der Waals surface area contributed by atoms with Crippen molar-refractivity contribution < 1.29 is 51.8 Å². The van der Waals surface area contributed by atoms with Crippen LogP contribution in [0, 0.1) is 17.0 Å². The highest BCUT2D eigenvalue weighted by atomic mass is 35.5. The number of carbonyl (C=O) groups excluding carboxylic acids is 2. The van der Waals surface area contributed by atoms with E-state index in [0.717, 1.165) is 35.9 Å². The van der Waals surface area contributed by atoms with Gasteiger partial charge in [-0.05, 0) is 61.0 Å². The zero-order valence-electron chi connectivity index (χ0n) is 23.8. The summed E-state index contributed by atoms with van der Waals surface area (Å²) in [6.07, 6.45) is -5.78. The minimum Gasteiger partial charge on any atom is -0.477 e. The van der Waals surface area contributed by atoms with Crippen molar-refractivity contribution >= 4 is 46.8 Å². The summed E-state index contributed by atoms with van der Waals surface area (Å²) >= 11 is 5.72. The Kier molecular flexibility index (Phi) is 11.5. The fourth-order valence-corrected chi connectivity index (χ4v) is 3.79. The van der Waals surface area contributed by atoms with Crippen LogP contribution in [0.1, 0.15) is 21.5 Å². The van der Waals surface area contributed by atoms with Crippen LogP contribution in [0.15, 0.2) is 84.9 Å². The van der Waals surface area contributed by atoms with E-state index >= 15 is 0 Å². The van der Waals surface area contributed by atoms with Crippen LogP contribution in [0.5, 0.6) is 17.2 Å². The van der Waals surface area contributed by atoms with Crippen LogP contribution < -0.4 is 20.1 Å². The molecule has 0 spiro atoms. The first-order valence-corrected chi connectivity index (χ1v) is 13.1. The van der Waals surface area contributed by atoms with E-state index in [9.17, 15) is 37.7 Å². The summed E-state index contributed by atoms with van der Waals surface area (Å²) < 4.78 is 52.6. The molecule has 0 bridgehead atoms. The second-order valence-corrected chi connectivity index (χ2v) is 9.42. The third-order valence-electron chi connectivity index (χ3n) is 5.62. The van der Waals surface area contributed by atoms with E-state index in [-0.39, 0.29) is 16.5 Å².